The molecule has 1 aromatic heterocycles. The van der Waals surface area contributed by atoms with Crippen molar-refractivity contribution in [1.82, 2.24) is 4.98 Å². The molecule has 0 radical (unpaired) electrons. The van der Waals surface area contributed by atoms with Crippen molar-refractivity contribution in [3.05, 3.63) is 81.8 Å². The molecule has 0 aliphatic rings. The lowest BCUT2D eigenvalue weighted by Gasteiger charge is -2.19. The molecule has 3 aromatic rings. The number of aromatic nitrogens is 1. The highest BCUT2D eigenvalue weighted by molar-refractivity contribution is 7.09. The van der Waals surface area contributed by atoms with Crippen LogP contribution in [0.4, 0.5) is 5.69 Å². The Balaban J connectivity index is 1.76. The zero-order valence-corrected chi connectivity index (χ0v) is 17.3. The number of nitrogens with one attached hydrogen (secondary N) is 1. The summed E-state index contributed by atoms with van der Waals surface area (Å²) in [5, 5.41) is 6.84. The van der Waals surface area contributed by atoms with Crippen molar-refractivity contribution in [3.8, 4) is 0 Å². The number of benzene rings is 2. The molecule has 0 spiro atoms. The van der Waals surface area contributed by atoms with Gasteiger partial charge < -0.3 is 5.32 Å². The highest BCUT2D eigenvalue weighted by Crippen LogP contribution is 2.29. The molecular weight excluding hydrogens is 348 g/mol. The number of rotatable bonds is 10. The zero-order chi connectivity index (χ0) is 18.9. The van der Waals surface area contributed by atoms with Gasteiger partial charge in [0.1, 0.15) is 11.0 Å². The lowest BCUT2D eigenvalue weighted by Crippen LogP contribution is -2.12. The van der Waals surface area contributed by atoms with Crippen LogP contribution < -0.4 is 5.32 Å². The van der Waals surface area contributed by atoms with E-state index in [1.54, 1.807) is 11.3 Å². The molecule has 0 aliphatic heterocycles. The maximum atomic E-state index is 4.58. The number of thiazole rings is 1. The molecule has 0 aliphatic carbocycles. The fourth-order valence-electron chi connectivity index (χ4n) is 3.24. The van der Waals surface area contributed by atoms with Crippen molar-refractivity contribution in [2.75, 3.05) is 5.32 Å². The van der Waals surface area contributed by atoms with Crippen LogP contribution in [0.5, 0.6) is 0 Å². The van der Waals surface area contributed by atoms with Crippen molar-refractivity contribution in [1.29, 1.82) is 0 Å². The standard InChI is InChI=1S/C24H30N2S/c1-3-5-7-19-9-13-21(14-10-19)23(24-25-17-18-27-24)26-22-15-11-20(12-16-22)8-6-4-2/h9-18,23,26H,3-8H2,1-2H3. The molecular formula is C24H30N2S. The second kappa shape index (κ2) is 10.3. The first kappa shape index (κ1) is 19.6. The number of aryl methyl sites for hydroxylation is 2. The van der Waals surface area contributed by atoms with E-state index in [2.05, 4.69) is 72.7 Å². The highest BCUT2D eigenvalue weighted by Gasteiger charge is 2.16. The van der Waals surface area contributed by atoms with Crippen LogP contribution in [0.1, 0.15) is 67.3 Å². The van der Waals surface area contributed by atoms with E-state index in [0.29, 0.717) is 0 Å². The Hall–Kier alpha value is -2.13. The third kappa shape index (κ3) is 5.67. The van der Waals surface area contributed by atoms with Crippen molar-refractivity contribution < 1.29 is 0 Å². The number of nitrogens with zero attached hydrogens (tertiary/aromatic N) is 1. The van der Waals surface area contributed by atoms with E-state index in [-0.39, 0.29) is 6.04 Å². The molecule has 27 heavy (non-hydrogen) atoms. The second-order valence-corrected chi connectivity index (χ2v) is 8.02. The highest BCUT2D eigenvalue weighted by atomic mass is 32.1. The van der Waals surface area contributed by atoms with Crippen molar-refractivity contribution in [2.24, 2.45) is 0 Å². The monoisotopic (exact) mass is 378 g/mol. The third-order valence-electron chi connectivity index (χ3n) is 4.91. The van der Waals surface area contributed by atoms with Gasteiger partial charge in [-0.2, -0.15) is 0 Å². The van der Waals surface area contributed by atoms with Gasteiger partial charge in [-0.25, -0.2) is 4.98 Å². The van der Waals surface area contributed by atoms with Crippen LogP contribution in [-0.2, 0) is 12.8 Å². The molecule has 0 bridgehead atoms. The van der Waals surface area contributed by atoms with Crippen molar-refractivity contribution in [3.63, 3.8) is 0 Å². The fraction of sp³-hybridized carbons (Fsp3) is 0.375. The summed E-state index contributed by atoms with van der Waals surface area (Å²) in [6.45, 7) is 4.48. The average Bonchev–Trinajstić information content (AvgIpc) is 3.25. The summed E-state index contributed by atoms with van der Waals surface area (Å²) >= 11 is 1.70. The number of hydrogen-bond acceptors (Lipinski definition) is 3. The van der Waals surface area contributed by atoms with Crippen LogP contribution in [-0.4, -0.2) is 4.98 Å². The lowest BCUT2D eigenvalue weighted by atomic mass is 10.0. The first-order valence-corrected chi connectivity index (χ1v) is 11.0. The van der Waals surface area contributed by atoms with Crippen LogP contribution in [0.2, 0.25) is 0 Å². The maximum Gasteiger partial charge on any atom is 0.119 e. The summed E-state index contributed by atoms with van der Waals surface area (Å²) in [7, 11) is 0. The Morgan fingerprint density at radius 3 is 1.96 bits per heavy atom. The summed E-state index contributed by atoms with van der Waals surface area (Å²) in [5.41, 5.74) is 5.23. The molecule has 1 heterocycles. The van der Waals surface area contributed by atoms with Gasteiger partial charge >= 0.3 is 0 Å². The molecule has 2 aromatic carbocycles. The van der Waals surface area contributed by atoms with E-state index in [1.165, 1.54) is 42.4 Å². The lowest BCUT2D eigenvalue weighted by molar-refractivity contribution is 0.793. The molecule has 1 atom stereocenters. The van der Waals surface area contributed by atoms with Crippen LogP contribution in [0.25, 0.3) is 0 Å². The number of unbranched alkanes of at least 4 members (excludes halogenated alkanes) is 2. The topological polar surface area (TPSA) is 24.9 Å². The molecule has 1 N–H and O–H groups in total. The SMILES string of the molecule is CCCCc1ccc(NC(c2ccc(CCCC)cc2)c2nccs2)cc1. The minimum absolute atomic E-state index is 0.0896. The smallest absolute Gasteiger partial charge is 0.119 e. The van der Waals surface area contributed by atoms with Gasteiger partial charge in [0.25, 0.3) is 0 Å². The Morgan fingerprint density at radius 1 is 0.852 bits per heavy atom. The van der Waals surface area contributed by atoms with Gasteiger partial charge in [0.15, 0.2) is 0 Å². The molecule has 0 fully saturated rings. The Kier molecular flexibility index (Phi) is 7.46. The predicted molar refractivity (Wildman–Crippen MR) is 118 cm³/mol. The molecule has 3 heteroatoms. The van der Waals surface area contributed by atoms with Crippen molar-refractivity contribution in [2.45, 2.75) is 58.4 Å². The first-order chi connectivity index (χ1) is 13.3. The minimum atomic E-state index is 0.0896. The largest absolute Gasteiger partial charge is 0.372 e. The van der Waals surface area contributed by atoms with E-state index in [0.717, 1.165) is 23.5 Å². The van der Waals surface area contributed by atoms with Crippen LogP contribution in [0, 0.1) is 0 Å². The minimum Gasteiger partial charge on any atom is -0.372 e. The maximum absolute atomic E-state index is 4.58. The van der Waals surface area contributed by atoms with E-state index < -0.39 is 0 Å². The molecule has 0 saturated heterocycles. The quantitative estimate of drug-likeness (QED) is 0.409. The Bertz CT molecular complexity index is 776. The van der Waals surface area contributed by atoms with Crippen LogP contribution in [0.3, 0.4) is 0 Å². The van der Waals surface area contributed by atoms with Gasteiger partial charge in [0.05, 0.1) is 0 Å². The number of anilines is 1. The van der Waals surface area contributed by atoms with Crippen LogP contribution in [0.15, 0.2) is 60.1 Å². The number of hydrogen-bond donors (Lipinski definition) is 1. The second-order valence-electron chi connectivity index (χ2n) is 7.09. The molecule has 0 saturated carbocycles. The zero-order valence-electron chi connectivity index (χ0n) is 16.4. The molecule has 1 unspecified atom stereocenters. The van der Waals surface area contributed by atoms with Crippen molar-refractivity contribution >= 4 is 17.0 Å². The van der Waals surface area contributed by atoms with E-state index in [1.807, 2.05) is 11.6 Å². The van der Waals surface area contributed by atoms with E-state index in [9.17, 15) is 0 Å². The molecule has 2 nitrogen and oxygen atoms in total. The first-order valence-electron chi connectivity index (χ1n) is 10.1. The normalized spacial score (nSPS) is 12.1. The Labute approximate surface area is 167 Å². The predicted octanol–water partition coefficient (Wildman–Crippen LogP) is 7.03. The van der Waals surface area contributed by atoms with E-state index >= 15 is 0 Å². The van der Waals surface area contributed by atoms with Gasteiger partial charge in [0, 0.05) is 17.3 Å². The summed E-state index contributed by atoms with van der Waals surface area (Å²) in [5.74, 6) is 0. The summed E-state index contributed by atoms with van der Waals surface area (Å²) in [4.78, 5) is 4.58. The summed E-state index contributed by atoms with van der Waals surface area (Å²) in [6, 6.07) is 18.0. The average molecular weight is 379 g/mol. The molecule has 3 rings (SSSR count). The fourth-order valence-corrected chi connectivity index (χ4v) is 3.95. The van der Waals surface area contributed by atoms with Gasteiger partial charge in [-0.15, -0.1) is 11.3 Å². The van der Waals surface area contributed by atoms with Gasteiger partial charge in [0.2, 0.25) is 0 Å². The third-order valence-corrected chi connectivity index (χ3v) is 5.75. The van der Waals surface area contributed by atoms with Gasteiger partial charge in [-0.3, -0.25) is 0 Å². The van der Waals surface area contributed by atoms with Gasteiger partial charge in [-0.1, -0.05) is 63.1 Å². The summed E-state index contributed by atoms with van der Waals surface area (Å²) in [6.07, 6.45) is 9.17. The molecule has 142 valence electrons. The van der Waals surface area contributed by atoms with Crippen LogP contribution >= 0.6 is 11.3 Å². The van der Waals surface area contributed by atoms with Gasteiger partial charge in [-0.05, 0) is 54.5 Å². The summed E-state index contributed by atoms with van der Waals surface area (Å²) < 4.78 is 0. The Morgan fingerprint density at radius 2 is 1.44 bits per heavy atom. The molecule has 0 amide bonds. The van der Waals surface area contributed by atoms with E-state index in [4.69, 9.17) is 0 Å².